The molecule has 0 saturated heterocycles. The molecule has 4 nitrogen and oxygen atoms in total. The van der Waals surface area contributed by atoms with Crippen molar-refractivity contribution in [3.63, 3.8) is 0 Å². The molecule has 18 heavy (non-hydrogen) atoms. The highest BCUT2D eigenvalue weighted by Gasteiger charge is 2.06. The van der Waals surface area contributed by atoms with Crippen molar-refractivity contribution in [1.29, 1.82) is 0 Å². The summed E-state index contributed by atoms with van der Waals surface area (Å²) in [6.45, 7) is 2.01. The van der Waals surface area contributed by atoms with Crippen molar-refractivity contribution in [1.82, 2.24) is 10.1 Å². The molecule has 92 valence electrons. The number of aryl methyl sites for hydroxylation is 1. The van der Waals surface area contributed by atoms with Gasteiger partial charge in [0.15, 0.2) is 0 Å². The molecule has 1 aromatic carbocycles. The van der Waals surface area contributed by atoms with Gasteiger partial charge in [0.25, 0.3) is 5.91 Å². The third-order valence-corrected chi connectivity index (χ3v) is 2.61. The number of nitrogens with one attached hydrogen (secondary N) is 1. The third kappa shape index (κ3) is 3.05. The lowest BCUT2D eigenvalue weighted by Gasteiger charge is -2.06. The molecule has 0 spiro atoms. The number of aromatic nitrogens is 1. The van der Waals surface area contributed by atoms with Crippen molar-refractivity contribution in [3.8, 4) is 11.5 Å². The normalized spacial score (nSPS) is 9.89. The topological polar surface area (TPSA) is 51.2 Å². The summed E-state index contributed by atoms with van der Waals surface area (Å²) in [7, 11) is 2.15. The predicted molar refractivity (Wildman–Crippen MR) is 72.7 cm³/mol. The lowest BCUT2D eigenvalue weighted by Crippen LogP contribution is -2.13. The highest BCUT2D eigenvalue weighted by Crippen LogP contribution is 2.21. The number of carbonyl (C=O) groups excluding carboxylic acids is 1. The minimum absolute atomic E-state index is 0.269. The average molecular weight is 260 g/mol. The lowest BCUT2D eigenvalue weighted by molar-refractivity contribution is 0.0979. The van der Waals surface area contributed by atoms with E-state index in [1.165, 1.54) is 5.56 Å². The first kappa shape index (κ1) is 12.5. The number of hydrogen-bond acceptors (Lipinski definition) is 3. The minimum atomic E-state index is -0.269. The largest absolute Gasteiger partial charge is 0.457 e. The van der Waals surface area contributed by atoms with Crippen LogP contribution in [0.15, 0.2) is 42.6 Å². The van der Waals surface area contributed by atoms with Gasteiger partial charge in [0.2, 0.25) is 0 Å². The zero-order valence-electron chi connectivity index (χ0n) is 9.88. The van der Waals surface area contributed by atoms with Crippen molar-refractivity contribution in [3.05, 3.63) is 53.9 Å². The van der Waals surface area contributed by atoms with Crippen molar-refractivity contribution in [2.75, 3.05) is 0 Å². The predicted octanol–water partition coefficient (Wildman–Crippen LogP) is 2.70. The molecular formula is C13H13N2O2P. The first-order valence-electron chi connectivity index (χ1n) is 5.40. The second kappa shape index (κ2) is 5.61. The van der Waals surface area contributed by atoms with Gasteiger partial charge in [0.1, 0.15) is 17.2 Å². The monoisotopic (exact) mass is 260 g/mol. The number of benzene rings is 1. The molecule has 0 fully saturated rings. The molecule has 1 heterocycles. The van der Waals surface area contributed by atoms with Crippen LogP contribution < -0.4 is 9.82 Å². The summed E-state index contributed by atoms with van der Waals surface area (Å²) < 4.78 is 5.64. The summed E-state index contributed by atoms with van der Waals surface area (Å²) in [6, 6.07) is 11.0. The molecule has 0 aliphatic heterocycles. The number of ether oxygens (including phenoxy) is 1. The zero-order chi connectivity index (χ0) is 13.0. The van der Waals surface area contributed by atoms with Crippen LogP contribution in [0.3, 0.4) is 0 Å². The van der Waals surface area contributed by atoms with Gasteiger partial charge in [-0.2, -0.15) is 0 Å². The van der Waals surface area contributed by atoms with Crippen molar-refractivity contribution >= 4 is 15.3 Å². The summed E-state index contributed by atoms with van der Waals surface area (Å²) in [5.41, 5.74) is 1.48. The maximum absolute atomic E-state index is 11.4. The molecule has 2 rings (SSSR count). The smallest absolute Gasteiger partial charge is 0.272 e. The van der Waals surface area contributed by atoms with Crippen molar-refractivity contribution < 1.29 is 9.53 Å². The molecule has 2 aromatic rings. The van der Waals surface area contributed by atoms with Crippen LogP contribution in [0, 0.1) is 6.92 Å². The number of hydrogen-bond donors (Lipinski definition) is 1. The van der Waals surface area contributed by atoms with Crippen molar-refractivity contribution in [2.24, 2.45) is 0 Å². The van der Waals surface area contributed by atoms with Crippen LogP contribution in [0.25, 0.3) is 0 Å². The van der Waals surface area contributed by atoms with E-state index in [2.05, 4.69) is 19.5 Å². The Bertz CT molecular complexity index is 555. The van der Waals surface area contributed by atoms with E-state index in [1.807, 2.05) is 31.2 Å². The van der Waals surface area contributed by atoms with Crippen LogP contribution in [0.5, 0.6) is 11.5 Å². The van der Waals surface area contributed by atoms with E-state index >= 15 is 0 Å². The number of nitrogens with zero attached hydrogens (tertiary/aromatic N) is 1. The molecule has 1 unspecified atom stereocenters. The molecule has 1 atom stereocenters. The van der Waals surface area contributed by atoms with E-state index in [1.54, 1.807) is 18.3 Å². The lowest BCUT2D eigenvalue weighted by atomic mass is 10.2. The molecular weight excluding hydrogens is 247 g/mol. The SMILES string of the molecule is Cc1ccc(Oc2ccnc(C(=O)NP)c2)cc1. The Kier molecular flexibility index (Phi) is 3.90. The van der Waals surface area contributed by atoms with E-state index in [0.717, 1.165) is 5.75 Å². The molecule has 1 amide bonds. The Balaban J connectivity index is 2.19. The van der Waals surface area contributed by atoms with Crippen LogP contribution in [-0.2, 0) is 0 Å². The molecule has 0 radical (unpaired) electrons. The van der Waals surface area contributed by atoms with Crippen LogP contribution in [-0.4, -0.2) is 10.9 Å². The number of pyridine rings is 1. The Morgan fingerprint density at radius 1 is 1.22 bits per heavy atom. The molecule has 1 aromatic heterocycles. The van der Waals surface area contributed by atoms with E-state index < -0.39 is 0 Å². The van der Waals surface area contributed by atoms with E-state index in [-0.39, 0.29) is 5.91 Å². The quantitative estimate of drug-likeness (QED) is 0.863. The molecule has 1 N–H and O–H groups in total. The summed E-state index contributed by atoms with van der Waals surface area (Å²) in [5, 5.41) is 2.44. The number of carbonyl (C=O) groups is 1. The zero-order valence-corrected chi connectivity index (χ0v) is 11.0. The highest BCUT2D eigenvalue weighted by atomic mass is 31.0. The van der Waals surface area contributed by atoms with Crippen molar-refractivity contribution in [2.45, 2.75) is 6.92 Å². The first-order chi connectivity index (χ1) is 8.69. The Hall–Kier alpha value is -1.93. The molecule has 0 bridgehead atoms. The highest BCUT2D eigenvalue weighted by molar-refractivity contribution is 7.15. The maximum atomic E-state index is 11.4. The second-order valence-electron chi connectivity index (χ2n) is 3.77. The van der Waals surface area contributed by atoms with Crippen LogP contribution in [0.1, 0.15) is 16.1 Å². The third-order valence-electron chi connectivity index (χ3n) is 2.35. The van der Waals surface area contributed by atoms with Gasteiger partial charge in [-0.3, -0.25) is 9.78 Å². The fraction of sp³-hybridized carbons (Fsp3) is 0.0769. The summed E-state index contributed by atoms with van der Waals surface area (Å²) in [5.74, 6) is 1.04. The minimum Gasteiger partial charge on any atom is -0.457 e. The van der Waals surface area contributed by atoms with Gasteiger partial charge >= 0.3 is 0 Å². The Labute approximate surface area is 108 Å². The standard InChI is InChI=1S/C13H13N2O2P/c1-9-2-4-10(5-3-9)17-11-6-7-14-12(8-11)13(16)15-18/h2-8H,18H2,1H3,(H,15,16). The molecule has 5 heteroatoms. The summed E-state index contributed by atoms with van der Waals surface area (Å²) >= 11 is 0. The van der Waals surface area contributed by atoms with Crippen LogP contribution in [0.2, 0.25) is 0 Å². The van der Waals surface area contributed by atoms with Gasteiger partial charge in [0.05, 0.1) is 0 Å². The fourth-order valence-electron chi connectivity index (χ4n) is 1.42. The van der Waals surface area contributed by atoms with Gasteiger partial charge in [-0.05, 0) is 34.5 Å². The van der Waals surface area contributed by atoms with Crippen LogP contribution in [0.4, 0.5) is 0 Å². The molecule has 0 aliphatic rings. The molecule has 0 aliphatic carbocycles. The number of rotatable bonds is 3. The fourth-order valence-corrected chi connectivity index (χ4v) is 1.56. The van der Waals surface area contributed by atoms with Gasteiger partial charge in [-0.15, -0.1) is 0 Å². The van der Waals surface area contributed by atoms with Gasteiger partial charge < -0.3 is 9.82 Å². The maximum Gasteiger partial charge on any atom is 0.272 e. The Morgan fingerprint density at radius 2 is 1.94 bits per heavy atom. The summed E-state index contributed by atoms with van der Waals surface area (Å²) in [6.07, 6.45) is 1.54. The molecule has 0 saturated carbocycles. The summed E-state index contributed by atoms with van der Waals surface area (Å²) in [4.78, 5) is 15.4. The van der Waals surface area contributed by atoms with Gasteiger partial charge in [0, 0.05) is 12.3 Å². The van der Waals surface area contributed by atoms with E-state index in [0.29, 0.717) is 11.4 Å². The Morgan fingerprint density at radius 3 is 2.61 bits per heavy atom. The second-order valence-corrected chi connectivity index (χ2v) is 4.05. The van der Waals surface area contributed by atoms with Gasteiger partial charge in [-0.1, -0.05) is 17.7 Å². The van der Waals surface area contributed by atoms with E-state index in [9.17, 15) is 4.79 Å². The van der Waals surface area contributed by atoms with Crippen LogP contribution >= 0.6 is 9.39 Å². The number of amides is 1. The van der Waals surface area contributed by atoms with E-state index in [4.69, 9.17) is 4.74 Å². The average Bonchev–Trinajstić information content (AvgIpc) is 2.41. The first-order valence-corrected chi connectivity index (χ1v) is 5.98. The van der Waals surface area contributed by atoms with Gasteiger partial charge in [-0.25, -0.2) is 0 Å².